The molecule has 1 aliphatic carbocycles. The first-order valence-electron chi connectivity index (χ1n) is 18.0. The van der Waals surface area contributed by atoms with Crippen molar-refractivity contribution in [1.82, 2.24) is 15.0 Å². The van der Waals surface area contributed by atoms with E-state index in [0.29, 0.717) is 17.5 Å². The molecule has 0 N–H and O–H groups in total. The number of rotatable bonds is 5. The van der Waals surface area contributed by atoms with Gasteiger partial charge in [0, 0.05) is 32.1 Å². The molecular weight excluding hydrogens is 697 g/mol. The van der Waals surface area contributed by atoms with Crippen LogP contribution in [0.1, 0.15) is 22.3 Å². The number of fused-ring (bicyclic) bond motifs is 9. The number of thiophene rings is 2. The van der Waals surface area contributed by atoms with Crippen molar-refractivity contribution in [2.75, 3.05) is 4.90 Å². The second-order valence-corrected chi connectivity index (χ2v) is 15.4. The second kappa shape index (κ2) is 12.3. The van der Waals surface area contributed by atoms with Crippen LogP contribution in [0.3, 0.4) is 0 Å². The highest BCUT2D eigenvalue weighted by Crippen LogP contribution is 2.65. The molecule has 9 aromatic rings. The van der Waals surface area contributed by atoms with Gasteiger partial charge in [0.25, 0.3) is 0 Å². The van der Waals surface area contributed by atoms with E-state index in [-0.39, 0.29) is 5.41 Å². The lowest BCUT2D eigenvalue weighted by atomic mass is 9.65. The molecule has 0 unspecified atom stereocenters. The summed E-state index contributed by atoms with van der Waals surface area (Å²) in [4.78, 5) is 20.3. The summed E-state index contributed by atoms with van der Waals surface area (Å²) in [5.41, 5.74) is 13.6. The Morgan fingerprint density at radius 1 is 0.352 bits per heavy atom. The Morgan fingerprint density at radius 2 is 0.741 bits per heavy atom. The number of anilines is 3. The summed E-state index contributed by atoms with van der Waals surface area (Å²) in [6, 6.07) is 60.2. The van der Waals surface area contributed by atoms with Crippen LogP contribution in [0.4, 0.5) is 17.1 Å². The van der Waals surface area contributed by atoms with Crippen molar-refractivity contribution in [3.63, 3.8) is 0 Å². The van der Waals surface area contributed by atoms with Gasteiger partial charge in [0.1, 0.15) is 0 Å². The maximum Gasteiger partial charge on any atom is 0.164 e. The molecule has 6 aromatic carbocycles. The molecule has 0 bridgehead atoms. The van der Waals surface area contributed by atoms with Crippen LogP contribution in [0.15, 0.2) is 181 Å². The minimum atomic E-state index is -0.358. The lowest BCUT2D eigenvalue weighted by Crippen LogP contribution is -2.35. The van der Waals surface area contributed by atoms with Crippen molar-refractivity contribution < 1.29 is 0 Å². The highest BCUT2D eigenvalue weighted by molar-refractivity contribution is 7.21. The third-order valence-corrected chi connectivity index (χ3v) is 12.7. The predicted octanol–water partition coefficient (Wildman–Crippen LogP) is 12.8. The van der Waals surface area contributed by atoms with Crippen LogP contribution >= 0.6 is 22.7 Å². The SMILES string of the molecule is c1ccc(-c2ccc(-c3nc(-c4ccccc4)nc(-c4ccc(N5c6ccccc6C6(c7ccccc75)c5ccsc5-c5sccc56)cc4)n3)cc2)cc1. The topological polar surface area (TPSA) is 41.9 Å². The fourth-order valence-corrected chi connectivity index (χ4v) is 10.5. The van der Waals surface area contributed by atoms with E-state index in [2.05, 4.69) is 149 Å². The molecule has 254 valence electrons. The number of benzene rings is 6. The molecule has 54 heavy (non-hydrogen) atoms. The molecule has 4 nitrogen and oxygen atoms in total. The molecular formula is C48H30N4S2. The highest BCUT2D eigenvalue weighted by Gasteiger charge is 2.52. The van der Waals surface area contributed by atoms with Gasteiger partial charge in [-0.25, -0.2) is 15.0 Å². The van der Waals surface area contributed by atoms with E-state index in [4.69, 9.17) is 15.0 Å². The molecule has 6 heteroatoms. The molecule has 11 rings (SSSR count). The smallest absolute Gasteiger partial charge is 0.164 e. The maximum atomic E-state index is 5.06. The van der Waals surface area contributed by atoms with Crippen LogP contribution < -0.4 is 4.90 Å². The molecule has 0 saturated carbocycles. The summed E-state index contributed by atoms with van der Waals surface area (Å²) >= 11 is 3.70. The van der Waals surface area contributed by atoms with E-state index in [9.17, 15) is 0 Å². The lowest BCUT2D eigenvalue weighted by Gasteiger charge is -2.44. The minimum absolute atomic E-state index is 0.358. The maximum absolute atomic E-state index is 5.06. The Balaban J connectivity index is 1.02. The van der Waals surface area contributed by atoms with Gasteiger partial charge in [0.05, 0.1) is 16.8 Å². The summed E-state index contributed by atoms with van der Waals surface area (Å²) < 4.78 is 0. The molecule has 0 saturated heterocycles. The zero-order valence-corrected chi connectivity index (χ0v) is 30.6. The summed E-state index contributed by atoms with van der Waals surface area (Å²) in [6.45, 7) is 0. The lowest BCUT2D eigenvalue weighted by molar-refractivity contribution is 0.756. The third-order valence-electron chi connectivity index (χ3n) is 10.7. The van der Waals surface area contributed by atoms with Gasteiger partial charge in [-0.15, -0.1) is 22.7 Å². The van der Waals surface area contributed by atoms with E-state index < -0.39 is 0 Å². The summed E-state index contributed by atoms with van der Waals surface area (Å²) in [6.07, 6.45) is 0. The van der Waals surface area contributed by atoms with E-state index in [1.165, 1.54) is 48.9 Å². The van der Waals surface area contributed by atoms with Crippen LogP contribution in [0, 0.1) is 0 Å². The summed E-state index contributed by atoms with van der Waals surface area (Å²) in [5, 5.41) is 4.50. The number of aromatic nitrogens is 3. The fourth-order valence-electron chi connectivity index (χ4n) is 8.36. The predicted molar refractivity (Wildman–Crippen MR) is 223 cm³/mol. The summed E-state index contributed by atoms with van der Waals surface area (Å²) in [5.74, 6) is 1.92. The van der Waals surface area contributed by atoms with Crippen molar-refractivity contribution >= 4 is 39.7 Å². The van der Waals surface area contributed by atoms with Gasteiger partial charge in [-0.3, -0.25) is 0 Å². The second-order valence-electron chi connectivity index (χ2n) is 13.6. The molecule has 0 fully saturated rings. The molecule has 1 spiro atoms. The normalized spacial score (nSPS) is 13.3. The van der Waals surface area contributed by atoms with E-state index in [1.807, 2.05) is 59.1 Å². The standard InChI is InChI=1S/C48H30N4S2/c1-3-11-31(12-4-1)32-19-21-34(22-20-32)46-49-45(33-13-5-2-6-14-33)50-47(51-46)35-23-25-36(26-24-35)52-41-17-9-7-15-37(41)48(38-16-8-10-18-42(38)52)39-27-29-53-43(39)44-40(48)28-30-54-44/h1-30H. The van der Waals surface area contributed by atoms with E-state index in [0.717, 1.165) is 27.9 Å². The minimum Gasteiger partial charge on any atom is -0.310 e. The van der Waals surface area contributed by atoms with Crippen molar-refractivity contribution in [1.29, 1.82) is 0 Å². The Hall–Kier alpha value is -6.47. The molecule has 0 atom stereocenters. The molecule has 0 amide bonds. The van der Waals surface area contributed by atoms with E-state index >= 15 is 0 Å². The van der Waals surface area contributed by atoms with Crippen molar-refractivity contribution in [2.24, 2.45) is 0 Å². The average Bonchev–Trinajstić information content (AvgIpc) is 3.99. The Bertz CT molecular complexity index is 2730. The first-order valence-corrected chi connectivity index (χ1v) is 19.8. The van der Waals surface area contributed by atoms with Gasteiger partial charge < -0.3 is 4.90 Å². The monoisotopic (exact) mass is 726 g/mol. The summed E-state index contributed by atoms with van der Waals surface area (Å²) in [7, 11) is 0. The molecule has 3 aromatic heterocycles. The molecule has 0 radical (unpaired) electrons. The zero-order chi connectivity index (χ0) is 35.6. The Labute approximate surface area is 321 Å². The molecule has 1 aliphatic heterocycles. The van der Waals surface area contributed by atoms with Gasteiger partial charge in [-0.1, -0.05) is 121 Å². The van der Waals surface area contributed by atoms with Crippen molar-refractivity contribution in [3.05, 3.63) is 203 Å². The molecule has 4 heterocycles. The van der Waals surface area contributed by atoms with Crippen LogP contribution in [0.25, 0.3) is 55.0 Å². The van der Waals surface area contributed by atoms with Crippen LogP contribution in [-0.2, 0) is 5.41 Å². The fraction of sp³-hybridized carbons (Fsp3) is 0.0208. The van der Waals surface area contributed by atoms with E-state index in [1.54, 1.807) is 0 Å². The van der Waals surface area contributed by atoms with Crippen molar-refractivity contribution in [3.8, 4) is 55.0 Å². The largest absolute Gasteiger partial charge is 0.310 e. The first-order chi connectivity index (χ1) is 26.8. The number of hydrogen-bond donors (Lipinski definition) is 0. The Morgan fingerprint density at radius 3 is 1.26 bits per heavy atom. The van der Waals surface area contributed by atoms with Gasteiger partial charge in [0.2, 0.25) is 0 Å². The quantitative estimate of drug-likeness (QED) is 0.177. The van der Waals surface area contributed by atoms with Gasteiger partial charge in [-0.2, -0.15) is 0 Å². The average molecular weight is 727 g/mol. The highest BCUT2D eigenvalue weighted by atomic mass is 32.1. The van der Waals surface area contributed by atoms with Gasteiger partial charge >= 0.3 is 0 Å². The molecule has 2 aliphatic rings. The Kier molecular flexibility index (Phi) is 7.09. The van der Waals surface area contributed by atoms with Gasteiger partial charge in [0.15, 0.2) is 17.5 Å². The zero-order valence-electron chi connectivity index (χ0n) is 28.9. The van der Waals surface area contributed by atoms with Crippen LogP contribution in [-0.4, -0.2) is 15.0 Å². The van der Waals surface area contributed by atoms with Crippen LogP contribution in [0.5, 0.6) is 0 Å². The van der Waals surface area contributed by atoms with Gasteiger partial charge in [-0.05, 0) is 92.7 Å². The van der Waals surface area contributed by atoms with Crippen LogP contribution in [0.2, 0.25) is 0 Å². The number of para-hydroxylation sites is 2. The van der Waals surface area contributed by atoms with Crippen molar-refractivity contribution in [2.45, 2.75) is 5.41 Å². The third kappa shape index (κ3) is 4.64. The number of hydrogen-bond acceptors (Lipinski definition) is 6. The number of nitrogens with zero attached hydrogens (tertiary/aromatic N) is 4. The first kappa shape index (κ1) is 31.1.